The third-order valence-corrected chi connectivity index (χ3v) is 3.50. The summed E-state index contributed by atoms with van der Waals surface area (Å²) in [6, 6.07) is 3.40. The predicted octanol–water partition coefficient (Wildman–Crippen LogP) is 4.95. The van der Waals surface area contributed by atoms with E-state index in [1.807, 2.05) is 32.9 Å². The van der Waals surface area contributed by atoms with E-state index in [2.05, 4.69) is 5.32 Å². The second kappa shape index (κ2) is 6.62. The molecule has 1 unspecified atom stereocenters. The van der Waals surface area contributed by atoms with Gasteiger partial charge >= 0.3 is 6.18 Å². The van der Waals surface area contributed by atoms with E-state index in [9.17, 15) is 13.2 Å². The highest BCUT2D eigenvalue weighted by molar-refractivity contribution is 6.31. The molecule has 0 heterocycles. The first kappa shape index (κ1) is 16.3. The van der Waals surface area contributed by atoms with Crippen LogP contribution < -0.4 is 5.32 Å². The largest absolute Gasteiger partial charge is 0.389 e. The lowest BCUT2D eigenvalue weighted by molar-refractivity contribution is -0.136. The minimum Gasteiger partial charge on any atom is -0.310 e. The molecule has 0 saturated heterocycles. The van der Waals surface area contributed by atoms with Crippen LogP contribution in [0.1, 0.15) is 42.5 Å². The maximum atomic E-state index is 12.4. The highest BCUT2D eigenvalue weighted by Crippen LogP contribution is 2.31. The molecule has 1 rings (SSSR count). The summed E-state index contributed by atoms with van der Waals surface area (Å²) in [4.78, 5) is 0. The number of hydrogen-bond donors (Lipinski definition) is 1. The van der Waals surface area contributed by atoms with Crippen LogP contribution in [0, 0.1) is 13.8 Å². The van der Waals surface area contributed by atoms with Gasteiger partial charge in [0.1, 0.15) is 0 Å². The first-order valence-electron chi connectivity index (χ1n) is 6.31. The van der Waals surface area contributed by atoms with Crippen molar-refractivity contribution < 1.29 is 13.2 Å². The molecule has 0 amide bonds. The lowest BCUT2D eigenvalue weighted by atomic mass is 9.95. The van der Waals surface area contributed by atoms with Gasteiger partial charge in [-0.2, -0.15) is 13.2 Å². The first-order valence-corrected chi connectivity index (χ1v) is 6.69. The summed E-state index contributed by atoms with van der Waals surface area (Å²) in [6.07, 6.45) is -4.87. The third kappa shape index (κ3) is 5.03. The Bertz CT molecular complexity index is 429. The summed E-state index contributed by atoms with van der Waals surface area (Å²) in [5.41, 5.74) is 2.70. The van der Waals surface area contributed by atoms with Crippen molar-refractivity contribution in [2.75, 3.05) is 6.54 Å². The quantitative estimate of drug-likeness (QED) is 0.810. The molecule has 0 aliphatic carbocycles. The standard InChI is InChI=1S/C14H19ClF3N/c1-4-19-13(5-6-14(16,17)18)11-7-10(3)12(15)8-9(11)2/h7-8,13,19H,4-6H2,1-3H3. The molecular formula is C14H19ClF3N. The number of alkyl halides is 3. The van der Waals surface area contributed by atoms with Crippen molar-refractivity contribution in [2.45, 2.75) is 45.8 Å². The summed E-state index contributed by atoms with van der Waals surface area (Å²) in [5.74, 6) is 0. The molecule has 1 aromatic carbocycles. The Balaban J connectivity index is 2.95. The van der Waals surface area contributed by atoms with E-state index in [0.717, 1.165) is 16.7 Å². The molecule has 5 heteroatoms. The molecule has 0 fully saturated rings. The zero-order chi connectivity index (χ0) is 14.6. The van der Waals surface area contributed by atoms with E-state index in [4.69, 9.17) is 11.6 Å². The van der Waals surface area contributed by atoms with Crippen LogP contribution in [0.5, 0.6) is 0 Å². The number of aryl methyl sites for hydroxylation is 2. The van der Waals surface area contributed by atoms with Crippen LogP contribution >= 0.6 is 11.6 Å². The van der Waals surface area contributed by atoms with Crippen molar-refractivity contribution in [3.8, 4) is 0 Å². The molecule has 108 valence electrons. The zero-order valence-electron chi connectivity index (χ0n) is 11.4. The molecule has 1 N–H and O–H groups in total. The van der Waals surface area contributed by atoms with Crippen LogP contribution in [0.3, 0.4) is 0 Å². The highest BCUT2D eigenvalue weighted by atomic mass is 35.5. The molecule has 19 heavy (non-hydrogen) atoms. The summed E-state index contributed by atoms with van der Waals surface area (Å²) in [7, 11) is 0. The van der Waals surface area contributed by atoms with Gasteiger partial charge in [-0.15, -0.1) is 0 Å². The number of hydrogen-bond acceptors (Lipinski definition) is 1. The van der Waals surface area contributed by atoms with Crippen molar-refractivity contribution in [1.82, 2.24) is 5.32 Å². The van der Waals surface area contributed by atoms with E-state index >= 15 is 0 Å². The Morgan fingerprint density at radius 1 is 1.21 bits per heavy atom. The fourth-order valence-corrected chi connectivity index (χ4v) is 2.32. The Kier molecular flexibility index (Phi) is 5.68. The predicted molar refractivity (Wildman–Crippen MR) is 72.6 cm³/mol. The van der Waals surface area contributed by atoms with Gasteiger partial charge in [0.15, 0.2) is 0 Å². The molecule has 0 aliphatic heterocycles. The summed E-state index contributed by atoms with van der Waals surface area (Å²) < 4.78 is 37.1. The van der Waals surface area contributed by atoms with Crippen molar-refractivity contribution in [1.29, 1.82) is 0 Å². The van der Waals surface area contributed by atoms with Crippen LogP contribution in [0.25, 0.3) is 0 Å². The second-order valence-electron chi connectivity index (χ2n) is 4.72. The maximum Gasteiger partial charge on any atom is 0.389 e. The number of nitrogens with one attached hydrogen (secondary N) is 1. The van der Waals surface area contributed by atoms with Gasteiger partial charge in [0, 0.05) is 17.5 Å². The van der Waals surface area contributed by atoms with Crippen molar-refractivity contribution in [3.63, 3.8) is 0 Å². The molecule has 0 bridgehead atoms. The number of halogens is 4. The topological polar surface area (TPSA) is 12.0 Å². The Labute approximate surface area is 117 Å². The van der Waals surface area contributed by atoms with Crippen LogP contribution in [0.2, 0.25) is 5.02 Å². The minimum atomic E-state index is -4.12. The van der Waals surface area contributed by atoms with Gasteiger partial charge in [-0.1, -0.05) is 24.6 Å². The van der Waals surface area contributed by atoms with Gasteiger partial charge in [0.2, 0.25) is 0 Å². The van der Waals surface area contributed by atoms with Gasteiger partial charge in [0.05, 0.1) is 0 Å². The molecular weight excluding hydrogens is 275 g/mol. The third-order valence-electron chi connectivity index (χ3n) is 3.09. The molecule has 0 aromatic heterocycles. The van der Waals surface area contributed by atoms with E-state index < -0.39 is 12.6 Å². The SMILES string of the molecule is CCNC(CCC(F)(F)F)c1cc(C)c(Cl)cc1C. The van der Waals surface area contributed by atoms with Gasteiger partial charge in [-0.25, -0.2) is 0 Å². The fourth-order valence-electron chi connectivity index (χ4n) is 2.10. The highest BCUT2D eigenvalue weighted by Gasteiger charge is 2.29. The van der Waals surface area contributed by atoms with Crippen molar-refractivity contribution in [2.24, 2.45) is 0 Å². The monoisotopic (exact) mass is 293 g/mol. The summed E-state index contributed by atoms with van der Waals surface area (Å²) in [6.45, 7) is 6.25. The van der Waals surface area contributed by atoms with E-state index in [1.54, 1.807) is 0 Å². The smallest absolute Gasteiger partial charge is 0.310 e. The Morgan fingerprint density at radius 3 is 2.37 bits per heavy atom. The average Bonchev–Trinajstić information content (AvgIpc) is 2.28. The summed E-state index contributed by atoms with van der Waals surface area (Å²) >= 11 is 6.02. The molecule has 1 atom stereocenters. The Morgan fingerprint density at radius 2 is 1.84 bits per heavy atom. The zero-order valence-corrected chi connectivity index (χ0v) is 12.1. The number of rotatable bonds is 5. The molecule has 1 nitrogen and oxygen atoms in total. The summed E-state index contributed by atoms with van der Waals surface area (Å²) in [5, 5.41) is 3.76. The Hall–Kier alpha value is -0.740. The normalized spacial score (nSPS) is 13.6. The van der Waals surface area contributed by atoms with E-state index in [-0.39, 0.29) is 12.5 Å². The molecule has 0 saturated carbocycles. The van der Waals surface area contributed by atoms with Crippen LogP contribution in [-0.4, -0.2) is 12.7 Å². The molecule has 0 aliphatic rings. The first-order chi connectivity index (χ1) is 8.74. The lowest BCUT2D eigenvalue weighted by Crippen LogP contribution is -2.24. The van der Waals surface area contributed by atoms with Gasteiger partial charge < -0.3 is 5.32 Å². The minimum absolute atomic E-state index is 0.0409. The molecule has 0 radical (unpaired) electrons. The van der Waals surface area contributed by atoms with E-state index in [0.29, 0.717) is 11.6 Å². The van der Waals surface area contributed by atoms with Crippen LogP contribution in [-0.2, 0) is 0 Å². The molecule has 1 aromatic rings. The van der Waals surface area contributed by atoms with Crippen LogP contribution in [0.4, 0.5) is 13.2 Å². The van der Waals surface area contributed by atoms with Gasteiger partial charge in [-0.05, 0) is 49.6 Å². The van der Waals surface area contributed by atoms with Crippen LogP contribution in [0.15, 0.2) is 12.1 Å². The lowest BCUT2D eigenvalue weighted by Gasteiger charge is -2.22. The van der Waals surface area contributed by atoms with E-state index in [1.165, 1.54) is 0 Å². The van der Waals surface area contributed by atoms with Crippen molar-refractivity contribution >= 4 is 11.6 Å². The number of benzene rings is 1. The molecule has 0 spiro atoms. The second-order valence-corrected chi connectivity index (χ2v) is 5.13. The average molecular weight is 294 g/mol. The fraction of sp³-hybridized carbons (Fsp3) is 0.571. The van der Waals surface area contributed by atoms with Crippen molar-refractivity contribution in [3.05, 3.63) is 33.8 Å². The maximum absolute atomic E-state index is 12.4. The van der Waals surface area contributed by atoms with Gasteiger partial charge in [0.25, 0.3) is 0 Å². The van der Waals surface area contributed by atoms with Gasteiger partial charge in [-0.3, -0.25) is 0 Å².